The maximum absolute atomic E-state index is 13.0. The fourth-order valence-electron chi connectivity index (χ4n) is 3.38. The molecular weight excluding hydrogens is 411 g/mol. The lowest BCUT2D eigenvalue weighted by Crippen LogP contribution is -2.17. The van der Waals surface area contributed by atoms with Gasteiger partial charge in [0.25, 0.3) is 5.56 Å². The van der Waals surface area contributed by atoms with Crippen LogP contribution in [0.3, 0.4) is 0 Å². The van der Waals surface area contributed by atoms with E-state index in [0.717, 1.165) is 29.1 Å². The zero-order valence-corrected chi connectivity index (χ0v) is 16.1. The van der Waals surface area contributed by atoms with E-state index in [9.17, 15) is 18.0 Å². The number of halogens is 4. The van der Waals surface area contributed by atoms with Crippen LogP contribution in [0.15, 0.2) is 29.1 Å². The summed E-state index contributed by atoms with van der Waals surface area (Å²) in [5.74, 6) is -0.0611. The van der Waals surface area contributed by atoms with Crippen LogP contribution in [0, 0.1) is 24.2 Å². The minimum atomic E-state index is -4.47. The van der Waals surface area contributed by atoms with Crippen LogP contribution in [0.2, 0.25) is 5.02 Å². The van der Waals surface area contributed by atoms with Gasteiger partial charge in [-0.05, 0) is 37.1 Å². The molecule has 4 nitrogen and oxygen atoms in total. The van der Waals surface area contributed by atoms with Crippen molar-refractivity contribution in [3.63, 3.8) is 0 Å². The molecule has 9 heteroatoms. The van der Waals surface area contributed by atoms with E-state index in [-0.39, 0.29) is 34.4 Å². The second-order valence-corrected chi connectivity index (χ2v) is 8.39. The minimum Gasteiger partial charge on any atom is -0.269 e. The van der Waals surface area contributed by atoms with E-state index in [1.807, 2.05) is 6.92 Å². The fraction of sp³-hybridized carbons (Fsp3) is 0.316. The molecule has 2 unspecified atom stereocenters. The van der Waals surface area contributed by atoms with Crippen molar-refractivity contribution in [2.75, 3.05) is 0 Å². The van der Waals surface area contributed by atoms with Crippen LogP contribution >= 0.6 is 22.9 Å². The quantitative estimate of drug-likeness (QED) is 0.598. The summed E-state index contributed by atoms with van der Waals surface area (Å²) in [5.41, 5.74) is 0.327. The number of benzene rings is 1. The number of fused-ring (bicyclic) bond motifs is 1. The van der Waals surface area contributed by atoms with Crippen LogP contribution in [0.4, 0.5) is 13.2 Å². The average Bonchev–Trinajstić information content (AvgIpc) is 3.30. The highest BCUT2D eigenvalue weighted by Gasteiger charge is 2.42. The maximum atomic E-state index is 13.0. The van der Waals surface area contributed by atoms with Crippen molar-refractivity contribution >= 4 is 27.9 Å². The normalized spacial score (nSPS) is 19.0. The maximum Gasteiger partial charge on any atom is 0.416 e. The highest BCUT2D eigenvalue weighted by Crippen LogP contribution is 2.49. The van der Waals surface area contributed by atoms with Crippen LogP contribution in [0.25, 0.3) is 4.96 Å². The first-order valence-corrected chi connectivity index (χ1v) is 9.65. The standard InChI is InChI=1S/C19H13ClF3N3OS/c1-9-17(14-6-11(14)8-24)26-16(27)7-13(25-18(26)28-9)5-10-4-12(19(21,22)23)2-3-15(10)20/h2-4,7,11,14H,5-6H2,1H3. The molecule has 1 aromatic carbocycles. The third kappa shape index (κ3) is 3.29. The van der Waals surface area contributed by atoms with Gasteiger partial charge in [-0.15, -0.1) is 11.3 Å². The van der Waals surface area contributed by atoms with Gasteiger partial charge < -0.3 is 0 Å². The largest absolute Gasteiger partial charge is 0.416 e. The number of aromatic nitrogens is 2. The van der Waals surface area contributed by atoms with E-state index in [1.54, 1.807) is 0 Å². The van der Waals surface area contributed by atoms with Crippen molar-refractivity contribution < 1.29 is 13.2 Å². The van der Waals surface area contributed by atoms with Gasteiger partial charge in [0, 0.05) is 34.0 Å². The first kappa shape index (κ1) is 19.0. The molecule has 0 bridgehead atoms. The lowest BCUT2D eigenvalue weighted by molar-refractivity contribution is -0.137. The molecule has 1 fully saturated rings. The number of hydrogen-bond acceptors (Lipinski definition) is 4. The van der Waals surface area contributed by atoms with Crippen molar-refractivity contribution in [1.29, 1.82) is 5.26 Å². The smallest absolute Gasteiger partial charge is 0.269 e. The second kappa shape index (κ2) is 6.61. The first-order chi connectivity index (χ1) is 13.2. The Balaban J connectivity index is 1.74. The van der Waals surface area contributed by atoms with E-state index in [4.69, 9.17) is 16.9 Å². The number of hydrogen-bond donors (Lipinski definition) is 0. The summed E-state index contributed by atoms with van der Waals surface area (Å²) in [6, 6.07) is 6.65. The van der Waals surface area contributed by atoms with Crippen molar-refractivity contribution in [3.05, 3.63) is 67.0 Å². The van der Waals surface area contributed by atoms with Gasteiger partial charge in [0.15, 0.2) is 4.96 Å². The van der Waals surface area contributed by atoms with E-state index >= 15 is 0 Å². The molecule has 0 saturated heterocycles. The number of aryl methyl sites for hydroxylation is 1. The molecule has 1 aliphatic rings. The van der Waals surface area contributed by atoms with E-state index < -0.39 is 11.7 Å². The first-order valence-electron chi connectivity index (χ1n) is 8.46. The molecular formula is C19H13ClF3N3OS. The molecule has 1 aliphatic carbocycles. The van der Waals surface area contributed by atoms with Gasteiger partial charge in [-0.1, -0.05) is 11.6 Å². The Morgan fingerprint density at radius 1 is 1.39 bits per heavy atom. The van der Waals surface area contributed by atoms with Gasteiger partial charge in [-0.3, -0.25) is 9.20 Å². The van der Waals surface area contributed by atoms with E-state index in [0.29, 0.717) is 10.7 Å². The topological polar surface area (TPSA) is 58.2 Å². The molecule has 3 aromatic rings. The van der Waals surface area contributed by atoms with Crippen molar-refractivity contribution in [3.8, 4) is 6.07 Å². The Labute approximate surface area is 166 Å². The van der Waals surface area contributed by atoms with Crippen LogP contribution in [0.5, 0.6) is 0 Å². The van der Waals surface area contributed by atoms with Gasteiger partial charge in [0.2, 0.25) is 0 Å². The molecule has 4 rings (SSSR count). The Morgan fingerprint density at radius 3 is 2.79 bits per heavy atom. The van der Waals surface area contributed by atoms with Gasteiger partial charge in [-0.2, -0.15) is 18.4 Å². The SMILES string of the molecule is Cc1sc2nc(Cc3cc(C(F)(F)F)ccc3Cl)cc(=O)n2c1C1CC1C#N. The number of nitrogens with zero attached hydrogens (tertiary/aromatic N) is 3. The Kier molecular flexibility index (Phi) is 4.47. The molecule has 2 atom stereocenters. The molecule has 0 aliphatic heterocycles. The van der Waals surface area contributed by atoms with Crippen molar-refractivity contribution in [1.82, 2.24) is 9.38 Å². The number of rotatable bonds is 3. The summed E-state index contributed by atoms with van der Waals surface area (Å²) >= 11 is 7.40. The van der Waals surface area contributed by atoms with Crippen LogP contribution in [-0.2, 0) is 12.6 Å². The zero-order chi connectivity index (χ0) is 20.2. The summed E-state index contributed by atoms with van der Waals surface area (Å²) in [6.07, 6.45) is -3.74. The lowest BCUT2D eigenvalue weighted by atomic mass is 10.1. The van der Waals surface area contributed by atoms with Crippen molar-refractivity contribution in [2.24, 2.45) is 5.92 Å². The average molecular weight is 424 g/mol. The monoisotopic (exact) mass is 423 g/mol. The van der Waals surface area contributed by atoms with E-state index in [1.165, 1.54) is 27.9 Å². The van der Waals surface area contributed by atoms with Gasteiger partial charge >= 0.3 is 6.18 Å². The Hall–Kier alpha value is -2.37. The number of alkyl halides is 3. The van der Waals surface area contributed by atoms with Gasteiger partial charge in [0.1, 0.15) is 0 Å². The molecule has 0 N–H and O–H groups in total. The summed E-state index contributed by atoms with van der Waals surface area (Å²) in [7, 11) is 0. The van der Waals surface area contributed by atoms with Crippen LogP contribution in [-0.4, -0.2) is 9.38 Å². The molecule has 0 amide bonds. The van der Waals surface area contributed by atoms with Crippen molar-refractivity contribution in [2.45, 2.75) is 31.9 Å². The van der Waals surface area contributed by atoms with Gasteiger partial charge in [0.05, 0.1) is 23.2 Å². The molecule has 1 saturated carbocycles. The molecule has 2 heterocycles. The van der Waals surface area contributed by atoms with Crippen LogP contribution in [0.1, 0.15) is 39.7 Å². The summed E-state index contributed by atoms with van der Waals surface area (Å²) in [4.78, 5) is 18.6. The fourth-order valence-corrected chi connectivity index (χ4v) is 4.63. The highest BCUT2D eigenvalue weighted by atomic mass is 35.5. The Morgan fingerprint density at radius 2 is 2.14 bits per heavy atom. The molecule has 28 heavy (non-hydrogen) atoms. The summed E-state index contributed by atoms with van der Waals surface area (Å²) in [5, 5.41) is 9.27. The molecule has 0 radical (unpaired) electrons. The molecule has 144 valence electrons. The minimum absolute atomic E-state index is 0.0189. The highest BCUT2D eigenvalue weighted by molar-refractivity contribution is 7.17. The third-order valence-corrected chi connectivity index (χ3v) is 6.18. The second-order valence-electron chi connectivity index (χ2n) is 6.81. The predicted molar refractivity (Wildman–Crippen MR) is 99.8 cm³/mol. The molecule has 2 aromatic heterocycles. The zero-order valence-electron chi connectivity index (χ0n) is 14.5. The number of nitriles is 1. The summed E-state index contributed by atoms with van der Waals surface area (Å²) < 4.78 is 40.4. The van der Waals surface area contributed by atoms with E-state index in [2.05, 4.69) is 11.1 Å². The summed E-state index contributed by atoms with van der Waals surface area (Å²) in [6.45, 7) is 1.88. The Bertz CT molecular complexity index is 1190. The van der Waals surface area contributed by atoms with Gasteiger partial charge in [-0.25, -0.2) is 4.98 Å². The van der Waals surface area contributed by atoms with Crippen LogP contribution < -0.4 is 5.56 Å². The predicted octanol–water partition coefficient (Wildman–Crippen LogP) is 4.95. The lowest BCUT2D eigenvalue weighted by Gasteiger charge is -2.10. The molecule has 0 spiro atoms. The third-order valence-electron chi connectivity index (χ3n) is 4.84. The number of thiazole rings is 1.